The Morgan fingerprint density at radius 3 is 2.04 bits per heavy atom. The lowest BCUT2D eigenvalue weighted by atomic mass is 9.63. The van der Waals surface area contributed by atoms with Gasteiger partial charge in [-0.15, -0.1) is 0 Å². The Hall–Kier alpha value is -0.300. The molecule has 0 aromatic rings. The molecule has 158 valence electrons. The second-order valence-corrected chi connectivity index (χ2v) is 10.6. The van der Waals surface area contributed by atoms with Gasteiger partial charge < -0.3 is 19.5 Å². The Kier molecular flexibility index (Phi) is 5.95. The fourth-order valence-corrected chi connectivity index (χ4v) is 4.78. The molecule has 4 nitrogen and oxygen atoms in total. The summed E-state index contributed by atoms with van der Waals surface area (Å²) in [6.45, 7) is 9.36. The molecule has 0 atom stereocenters. The number of hydrogen-bond acceptors (Lipinski definition) is 4. The highest BCUT2D eigenvalue weighted by Crippen LogP contribution is 2.48. The lowest BCUT2D eigenvalue weighted by molar-refractivity contribution is -0.202. The number of ether oxygens (including phenoxy) is 3. The van der Waals surface area contributed by atoms with Crippen molar-refractivity contribution in [2.45, 2.75) is 84.0 Å². The SMILES string of the molecule is COC1CC(OCC(C)(C)CC(C)(C)C(F)(F)COC2CC3(CNC3)C2)C1. The third-order valence-electron chi connectivity index (χ3n) is 6.83. The summed E-state index contributed by atoms with van der Waals surface area (Å²) >= 11 is 0. The van der Waals surface area contributed by atoms with E-state index in [2.05, 4.69) is 5.32 Å². The molecule has 2 saturated carbocycles. The Labute approximate surface area is 162 Å². The van der Waals surface area contributed by atoms with Crippen molar-refractivity contribution < 1.29 is 23.0 Å². The van der Waals surface area contributed by atoms with Gasteiger partial charge in [-0.1, -0.05) is 27.7 Å². The normalized spacial score (nSPS) is 28.6. The van der Waals surface area contributed by atoms with E-state index in [1.54, 1.807) is 21.0 Å². The molecule has 0 amide bonds. The molecule has 3 rings (SSSR count). The maximum absolute atomic E-state index is 14.9. The van der Waals surface area contributed by atoms with E-state index < -0.39 is 17.9 Å². The summed E-state index contributed by atoms with van der Waals surface area (Å²) < 4.78 is 46.6. The highest BCUT2D eigenvalue weighted by Gasteiger charge is 2.53. The number of halogens is 2. The van der Waals surface area contributed by atoms with Crippen LogP contribution < -0.4 is 5.32 Å². The van der Waals surface area contributed by atoms with Crippen molar-refractivity contribution >= 4 is 0 Å². The molecule has 0 unspecified atom stereocenters. The van der Waals surface area contributed by atoms with Crippen LogP contribution in [0.15, 0.2) is 0 Å². The standard InChI is InChI=1S/C21H37F2NO3/c1-18(2,13-26-16-6-15(7-16)25-5)10-19(3,4)21(22,23)14-27-17-8-20(9-17)11-24-12-20/h15-17,24H,6-14H2,1-5H3. The summed E-state index contributed by atoms with van der Waals surface area (Å²) in [7, 11) is 1.71. The predicted octanol–water partition coefficient (Wildman–Crippen LogP) is 4.03. The number of hydrogen-bond donors (Lipinski definition) is 1. The quantitative estimate of drug-likeness (QED) is 0.612. The number of methoxy groups -OCH3 is 1. The third kappa shape index (κ3) is 4.82. The Morgan fingerprint density at radius 2 is 1.52 bits per heavy atom. The van der Waals surface area contributed by atoms with Crippen LogP contribution in [-0.2, 0) is 14.2 Å². The van der Waals surface area contributed by atoms with Crippen LogP contribution in [0.4, 0.5) is 8.78 Å². The maximum Gasteiger partial charge on any atom is 0.275 e. The first-order valence-corrected chi connectivity index (χ1v) is 10.3. The van der Waals surface area contributed by atoms with Gasteiger partial charge in [0.1, 0.15) is 6.61 Å². The fourth-order valence-electron chi connectivity index (χ4n) is 4.78. The predicted molar refractivity (Wildman–Crippen MR) is 101 cm³/mol. The Bertz CT molecular complexity index is 506. The van der Waals surface area contributed by atoms with E-state index in [9.17, 15) is 8.78 Å². The number of rotatable bonds is 10. The van der Waals surface area contributed by atoms with Gasteiger partial charge in [-0.25, -0.2) is 8.78 Å². The maximum atomic E-state index is 14.9. The lowest BCUT2D eigenvalue weighted by Crippen LogP contribution is -2.62. The summed E-state index contributed by atoms with van der Waals surface area (Å²) in [6.07, 6.45) is 4.51. The molecule has 1 spiro atoms. The fraction of sp³-hybridized carbons (Fsp3) is 1.00. The molecule has 0 radical (unpaired) electrons. The molecule has 1 saturated heterocycles. The first-order valence-electron chi connectivity index (χ1n) is 10.3. The van der Waals surface area contributed by atoms with Gasteiger partial charge in [-0.05, 0) is 37.5 Å². The van der Waals surface area contributed by atoms with Gasteiger partial charge in [0.25, 0.3) is 5.92 Å². The lowest BCUT2D eigenvalue weighted by Gasteiger charge is -2.54. The van der Waals surface area contributed by atoms with Crippen LogP contribution in [0.25, 0.3) is 0 Å². The van der Waals surface area contributed by atoms with Crippen LogP contribution in [0, 0.1) is 16.2 Å². The van der Waals surface area contributed by atoms with Crippen molar-refractivity contribution in [3.8, 4) is 0 Å². The van der Waals surface area contributed by atoms with Gasteiger partial charge in [0.2, 0.25) is 0 Å². The smallest absolute Gasteiger partial charge is 0.275 e. The van der Waals surface area contributed by atoms with Crippen molar-refractivity contribution in [2.24, 2.45) is 16.2 Å². The molecule has 3 aliphatic rings. The van der Waals surface area contributed by atoms with E-state index in [-0.39, 0.29) is 23.7 Å². The molecule has 0 aromatic carbocycles. The van der Waals surface area contributed by atoms with Gasteiger partial charge in [-0.3, -0.25) is 0 Å². The van der Waals surface area contributed by atoms with Crippen molar-refractivity contribution in [2.75, 3.05) is 33.4 Å². The van der Waals surface area contributed by atoms with E-state index in [1.807, 2.05) is 13.8 Å². The Balaban J connectivity index is 1.42. The molecule has 0 aromatic heterocycles. The molecule has 1 heterocycles. The molecule has 0 bridgehead atoms. The van der Waals surface area contributed by atoms with E-state index in [1.165, 1.54) is 0 Å². The monoisotopic (exact) mass is 389 g/mol. The van der Waals surface area contributed by atoms with Crippen molar-refractivity contribution in [1.82, 2.24) is 5.32 Å². The molecular formula is C21H37F2NO3. The molecule has 27 heavy (non-hydrogen) atoms. The summed E-state index contributed by atoms with van der Waals surface area (Å²) in [4.78, 5) is 0. The van der Waals surface area contributed by atoms with Crippen LogP contribution >= 0.6 is 0 Å². The highest BCUT2D eigenvalue weighted by atomic mass is 19.3. The van der Waals surface area contributed by atoms with E-state index in [0.29, 0.717) is 18.4 Å². The van der Waals surface area contributed by atoms with Crippen LogP contribution in [0.3, 0.4) is 0 Å². The van der Waals surface area contributed by atoms with Crippen LogP contribution in [0.2, 0.25) is 0 Å². The first kappa shape index (κ1) is 21.4. The largest absolute Gasteiger partial charge is 0.381 e. The zero-order valence-corrected chi connectivity index (χ0v) is 17.6. The summed E-state index contributed by atoms with van der Waals surface area (Å²) in [6, 6.07) is 0. The minimum atomic E-state index is -2.86. The average molecular weight is 390 g/mol. The van der Waals surface area contributed by atoms with Gasteiger partial charge >= 0.3 is 0 Å². The van der Waals surface area contributed by atoms with Crippen LogP contribution in [-0.4, -0.2) is 57.6 Å². The molecule has 1 N–H and O–H groups in total. The van der Waals surface area contributed by atoms with Crippen molar-refractivity contribution in [1.29, 1.82) is 0 Å². The first-order chi connectivity index (χ1) is 12.5. The summed E-state index contributed by atoms with van der Waals surface area (Å²) in [5, 5.41) is 3.26. The zero-order valence-electron chi connectivity index (χ0n) is 17.6. The van der Waals surface area contributed by atoms with Gasteiger partial charge in [0.05, 0.1) is 24.9 Å². The Morgan fingerprint density at radius 1 is 0.926 bits per heavy atom. The van der Waals surface area contributed by atoms with Crippen molar-refractivity contribution in [3.63, 3.8) is 0 Å². The zero-order chi connectivity index (χ0) is 19.9. The molecule has 2 aliphatic carbocycles. The van der Waals surface area contributed by atoms with Gasteiger partial charge in [0.15, 0.2) is 0 Å². The van der Waals surface area contributed by atoms with Gasteiger partial charge in [-0.2, -0.15) is 0 Å². The minimum absolute atomic E-state index is 0.00235. The second-order valence-electron chi connectivity index (χ2n) is 10.6. The molecular weight excluding hydrogens is 352 g/mol. The van der Waals surface area contributed by atoms with E-state index in [0.717, 1.165) is 38.8 Å². The average Bonchev–Trinajstić information content (AvgIpc) is 2.41. The van der Waals surface area contributed by atoms with Crippen LogP contribution in [0.5, 0.6) is 0 Å². The molecule has 1 aliphatic heterocycles. The van der Waals surface area contributed by atoms with Crippen molar-refractivity contribution in [3.05, 3.63) is 0 Å². The molecule has 3 fully saturated rings. The van der Waals surface area contributed by atoms with Crippen LogP contribution in [0.1, 0.15) is 59.8 Å². The summed E-state index contributed by atoms with van der Waals surface area (Å²) in [5.74, 6) is -2.86. The molecule has 6 heteroatoms. The summed E-state index contributed by atoms with van der Waals surface area (Å²) in [5.41, 5.74) is -1.12. The topological polar surface area (TPSA) is 39.7 Å². The van der Waals surface area contributed by atoms with E-state index in [4.69, 9.17) is 14.2 Å². The van der Waals surface area contributed by atoms with Gasteiger partial charge in [0, 0.05) is 31.0 Å². The second kappa shape index (κ2) is 7.51. The number of nitrogens with one attached hydrogen (secondary N) is 1. The number of alkyl halides is 2. The third-order valence-corrected chi connectivity index (χ3v) is 6.83. The highest BCUT2D eigenvalue weighted by molar-refractivity contribution is 5.03. The van der Waals surface area contributed by atoms with E-state index >= 15 is 0 Å². The minimum Gasteiger partial charge on any atom is -0.381 e.